The van der Waals surface area contributed by atoms with Crippen LogP contribution in [0.3, 0.4) is 0 Å². The number of amides is 1. The number of carbonyl (C=O) groups is 1. The fourth-order valence-electron chi connectivity index (χ4n) is 1.83. The molecular formula is C11H19F3N2O2. The molecule has 1 saturated heterocycles. The Balaban J connectivity index is 2.19. The van der Waals surface area contributed by atoms with Gasteiger partial charge in [-0.1, -0.05) is 0 Å². The Morgan fingerprint density at radius 3 is 2.89 bits per heavy atom. The SMILES string of the molecule is CC1NCCCN(CCCOCC(F)(F)F)C1=O. The van der Waals surface area contributed by atoms with Crippen molar-refractivity contribution >= 4 is 5.91 Å². The van der Waals surface area contributed by atoms with Gasteiger partial charge in [0, 0.05) is 19.7 Å². The number of carbonyl (C=O) groups excluding carboxylic acids is 1. The Morgan fingerprint density at radius 2 is 2.22 bits per heavy atom. The highest BCUT2D eigenvalue weighted by molar-refractivity contribution is 5.81. The van der Waals surface area contributed by atoms with Crippen molar-refractivity contribution < 1.29 is 22.7 Å². The summed E-state index contributed by atoms with van der Waals surface area (Å²) in [4.78, 5) is 13.5. The molecule has 0 aromatic rings. The third-order valence-electron chi connectivity index (χ3n) is 2.72. The van der Waals surface area contributed by atoms with Crippen molar-refractivity contribution in [1.29, 1.82) is 0 Å². The van der Waals surface area contributed by atoms with E-state index in [9.17, 15) is 18.0 Å². The van der Waals surface area contributed by atoms with Crippen LogP contribution in [0.15, 0.2) is 0 Å². The second kappa shape index (κ2) is 6.94. The summed E-state index contributed by atoms with van der Waals surface area (Å²) >= 11 is 0. The molecule has 106 valence electrons. The van der Waals surface area contributed by atoms with E-state index in [0.717, 1.165) is 13.0 Å². The largest absolute Gasteiger partial charge is 0.411 e. The maximum absolute atomic E-state index is 11.8. The molecule has 1 atom stereocenters. The highest BCUT2D eigenvalue weighted by Gasteiger charge is 2.27. The number of alkyl halides is 3. The summed E-state index contributed by atoms with van der Waals surface area (Å²) in [6.07, 6.45) is -3.00. The van der Waals surface area contributed by atoms with Gasteiger partial charge in [-0.05, 0) is 26.3 Å². The van der Waals surface area contributed by atoms with Crippen LogP contribution in [0, 0.1) is 0 Å². The van der Waals surface area contributed by atoms with Gasteiger partial charge in [0.2, 0.25) is 5.91 Å². The summed E-state index contributed by atoms with van der Waals surface area (Å²) in [5, 5.41) is 3.07. The molecule has 0 aliphatic carbocycles. The molecule has 0 bridgehead atoms. The molecule has 1 aliphatic heterocycles. The zero-order valence-corrected chi connectivity index (χ0v) is 10.4. The first-order valence-corrected chi connectivity index (χ1v) is 6.07. The van der Waals surface area contributed by atoms with Crippen LogP contribution in [0.25, 0.3) is 0 Å². The molecule has 1 rings (SSSR count). The van der Waals surface area contributed by atoms with E-state index >= 15 is 0 Å². The van der Waals surface area contributed by atoms with E-state index in [1.54, 1.807) is 11.8 Å². The fraction of sp³-hybridized carbons (Fsp3) is 0.909. The molecule has 0 radical (unpaired) electrons. The molecule has 0 saturated carbocycles. The lowest BCUT2D eigenvalue weighted by Gasteiger charge is -2.22. The van der Waals surface area contributed by atoms with Gasteiger partial charge in [0.15, 0.2) is 0 Å². The van der Waals surface area contributed by atoms with E-state index in [4.69, 9.17) is 0 Å². The molecular weight excluding hydrogens is 249 g/mol. The minimum Gasteiger partial charge on any atom is -0.372 e. The van der Waals surface area contributed by atoms with Gasteiger partial charge in [0.25, 0.3) is 0 Å². The van der Waals surface area contributed by atoms with Crippen LogP contribution in [0.1, 0.15) is 19.8 Å². The van der Waals surface area contributed by atoms with Crippen LogP contribution in [0.5, 0.6) is 0 Å². The monoisotopic (exact) mass is 268 g/mol. The molecule has 1 aliphatic rings. The third kappa shape index (κ3) is 5.68. The summed E-state index contributed by atoms with van der Waals surface area (Å²) < 4.78 is 39.9. The molecule has 0 spiro atoms. The fourth-order valence-corrected chi connectivity index (χ4v) is 1.83. The van der Waals surface area contributed by atoms with Crippen molar-refractivity contribution in [2.45, 2.75) is 32.0 Å². The van der Waals surface area contributed by atoms with Gasteiger partial charge in [-0.15, -0.1) is 0 Å². The lowest BCUT2D eigenvalue weighted by atomic mass is 10.3. The van der Waals surface area contributed by atoms with Gasteiger partial charge < -0.3 is 15.0 Å². The first-order chi connectivity index (χ1) is 8.40. The predicted octanol–water partition coefficient (Wildman–Crippen LogP) is 1.17. The van der Waals surface area contributed by atoms with Crippen LogP contribution in [0.2, 0.25) is 0 Å². The first-order valence-electron chi connectivity index (χ1n) is 6.07. The van der Waals surface area contributed by atoms with E-state index in [2.05, 4.69) is 10.1 Å². The summed E-state index contributed by atoms with van der Waals surface area (Å²) in [5.41, 5.74) is 0. The number of hydrogen-bond acceptors (Lipinski definition) is 3. The van der Waals surface area contributed by atoms with E-state index in [1.807, 2.05) is 0 Å². The number of rotatable bonds is 5. The zero-order chi connectivity index (χ0) is 13.6. The van der Waals surface area contributed by atoms with Gasteiger partial charge in [-0.3, -0.25) is 4.79 Å². The average molecular weight is 268 g/mol. The minimum atomic E-state index is -4.28. The van der Waals surface area contributed by atoms with E-state index in [0.29, 0.717) is 19.5 Å². The number of hydrogen-bond donors (Lipinski definition) is 1. The predicted molar refractivity (Wildman–Crippen MR) is 60.2 cm³/mol. The molecule has 0 aromatic carbocycles. The molecule has 4 nitrogen and oxygen atoms in total. The van der Waals surface area contributed by atoms with Crippen molar-refractivity contribution in [3.63, 3.8) is 0 Å². The summed E-state index contributed by atoms with van der Waals surface area (Å²) in [5.74, 6) is 0.00308. The number of nitrogens with one attached hydrogen (secondary N) is 1. The molecule has 1 amide bonds. The van der Waals surface area contributed by atoms with Crippen LogP contribution in [0.4, 0.5) is 13.2 Å². The molecule has 1 N–H and O–H groups in total. The molecule has 1 unspecified atom stereocenters. The lowest BCUT2D eigenvalue weighted by molar-refractivity contribution is -0.174. The summed E-state index contributed by atoms with van der Waals surface area (Å²) in [6.45, 7) is 2.47. The quantitative estimate of drug-likeness (QED) is 0.761. The van der Waals surface area contributed by atoms with E-state index < -0.39 is 12.8 Å². The van der Waals surface area contributed by atoms with Crippen molar-refractivity contribution in [2.24, 2.45) is 0 Å². The van der Waals surface area contributed by atoms with Crippen LogP contribution in [-0.2, 0) is 9.53 Å². The van der Waals surface area contributed by atoms with Crippen LogP contribution >= 0.6 is 0 Å². The van der Waals surface area contributed by atoms with Crippen LogP contribution < -0.4 is 5.32 Å². The lowest BCUT2D eigenvalue weighted by Crippen LogP contribution is -2.42. The van der Waals surface area contributed by atoms with Gasteiger partial charge in [0.1, 0.15) is 6.61 Å². The molecule has 0 aromatic heterocycles. The van der Waals surface area contributed by atoms with Crippen LogP contribution in [-0.4, -0.2) is 55.9 Å². The molecule has 18 heavy (non-hydrogen) atoms. The Morgan fingerprint density at radius 1 is 1.50 bits per heavy atom. The van der Waals surface area contributed by atoms with E-state index in [-0.39, 0.29) is 18.6 Å². The van der Waals surface area contributed by atoms with Crippen molar-refractivity contribution in [3.05, 3.63) is 0 Å². The molecule has 7 heteroatoms. The second-order valence-electron chi connectivity index (χ2n) is 4.38. The maximum atomic E-state index is 11.8. The van der Waals surface area contributed by atoms with Crippen molar-refractivity contribution in [3.8, 4) is 0 Å². The normalized spacial score (nSPS) is 22.1. The Hall–Kier alpha value is -0.820. The van der Waals surface area contributed by atoms with Crippen molar-refractivity contribution in [2.75, 3.05) is 32.8 Å². The average Bonchev–Trinajstić information content (AvgIpc) is 2.42. The van der Waals surface area contributed by atoms with Gasteiger partial charge >= 0.3 is 6.18 Å². The Kier molecular flexibility index (Phi) is 5.87. The highest BCUT2D eigenvalue weighted by atomic mass is 19.4. The van der Waals surface area contributed by atoms with Gasteiger partial charge in [0.05, 0.1) is 6.04 Å². The molecule has 1 fully saturated rings. The number of nitrogens with zero attached hydrogens (tertiary/aromatic N) is 1. The van der Waals surface area contributed by atoms with Crippen molar-refractivity contribution in [1.82, 2.24) is 10.2 Å². The highest BCUT2D eigenvalue weighted by Crippen LogP contribution is 2.14. The summed E-state index contributed by atoms with van der Waals surface area (Å²) in [7, 11) is 0. The zero-order valence-electron chi connectivity index (χ0n) is 10.4. The van der Waals surface area contributed by atoms with E-state index in [1.165, 1.54) is 0 Å². The van der Waals surface area contributed by atoms with Gasteiger partial charge in [-0.25, -0.2) is 0 Å². The molecule has 1 heterocycles. The topological polar surface area (TPSA) is 41.6 Å². The first kappa shape index (κ1) is 15.2. The standard InChI is InChI=1S/C11H19F3N2O2/c1-9-10(17)16(5-2-4-15-9)6-3-7-18-8-11(12,13)14/h9,15H,2-8H2,1H3. The number of halogens is 3. The van der Waals surface area contributed by atoms with Gasteiger partial charge in [-0.2, -0.15) is 13.2 Å². The second-order valence-corrected chi connectivity index (χ2v) is 4.38. The number of ether oxygens (including phenoxy) is 1. The Bertz CT molecular complexity index is 272. The minimum absolute atomic E-state index is 0.00308. The Labute approximate surface area is 104 Å². The maximum Gasteiger partial charge on any atom is 0.411 e. The smallest absolute Gasteiger partial charge is 0.372 e. The summed E-state index contributed by atoms with van der Waals surface area (Å²) in [6, 6.07) is -0.219. The third-order valence-corrected chi connectivity index (χ3v) is 2.72.